The van der Waals surface area contributed by atoms with Gasteiger partial charge in [-0.1, -0.05) is 12.1 Å². The minimum Gasteiger partial charge on any atom is -0.398 e. The summed E-state index contributed by atoms with van der Waals surface area (Å²) in [4.78, 5) is 25.2. The summed E-state index contributed by atoms with van der Waals surface area (Å²) in [6, 6.07) is 5.26. The Morgan fingerprint density at radius 2 is 2.10 bits per heavy atom. The van der Waals surface area contributed by atoms with Gasteiger partial charge in [-0.3, -0.25) is 9.59 Å². The summed E-state index contributed by atoms with van der Waals surface area (Å²) in [6.45, 7) is 2.68. The van der Waals surface area contributed by atoms with Gasteiger partial charge >= 0.3 is 0 Å². The van der Waals surface area contributed by atoms with Gasteiger partial charge in [0.2, 0.25) is 5.91 Å². The maximum atomic E-state index is 12.2. The first kappa shape index (κ1) is 16.0. The minimum absolute atomic E-state index is 0.0179. The third kappa shape index (κ3) is 4.24. The first-order valence-corrected chi connectivity index (χ1v) is 6.33. The Morgan fingerprint density at radius 3 is 2.75 bits per heavy atom. The Morgan fingerprint density at radius 1 is 1.40 bits per heavy atom. The van der Waals surface area contributed by atoms with E-state index in [0.717, 1.165) is 5.56 Å². The molecule has 0 aliphatic rings. The smallest absolute Gasteiger partial charge is 0.256 e. The number of para-hydroxylation sites is 1. The maximum Gasteiger partial charge on any atom is 0.256 e. The molecule has 2 amide bonds. The number of carbonyl (C=O) groups is 2. The normalized spacial score (nSPS) is 10.2. The van der Waals surface area contributed by atoms with Crippen LogP contribution in [0.4, 0.5) is 5.69 Å². The number of amides is 2. The van der Waals surface area contributed by atoms with Crippen LogP contribution in [0.25, 0.3) is 0 Å². The maximum absolute atomic E-state index is 12.2. The van der Waals surface area contributed by atoms with Crippen molar-refractivity contribution in [2.45, 2.75) is 6.92 Å². The fourth-order valence-corrected chi connectivity index (χ4v) is 1.71. The number of hydrogen-bond acceptors (Lipinski definition) is 4. The van der Waals surface area contributed by atoms with Gasteiger partial charge in [-0.15, -0.1) is 0 Å². The fraction of sp³-hybridized carbons (Fsp3) is 0.429. The number of ether oxygens (including phenoxy) is 1. The highest BCUT2D eigenvalue weighted by atomic mass is 16.5. The predicted octanol–water partition coefficient (Wildman–Crippen LogP) is 0.412. The zero-order valence-corrected chi connectivity index (χ0v) is 12.1. The van der Waals surface area contributed by atoms with E-state index in [1.807, 2.05) is 13.0 Å². The Balaban J connectivity index is 2.63. The Labute approximate surface area is 118 Å². The summed E-state index contributed by atoms with van der Waals surface area (Å²) in [7, 11) is 3.13. The fourth-order valence-electron chi connectivity index (χ4n) is 1.71. The van der Waals surface area contributed by atoms with E-state index in [1.54, 1.807) is 26.3 Å². The van der Waals surface area contributed by atoms with Gasteiger partial charge in [-0.25, -0.2) is 0 Å². The number of nitrogens with zero attached hydrogens (tertiary/aromatic N) is 1. The molecule has 0 aliphatic heterocycles. The molecule has 0 saturated heterocycles. The monoisotopic (exact) mass is 279 g/mol. The Bertz CT molecular complexity index is 489. The molecule has 6 nitrogen and oxygen atoms in total. The molecule has 0 bridgehead atoms. The zero-order valence-electron chi connectivity index (χ0n) is 12.1. The van der Waals surface area contributed by atoms with Crippen molar-refractivity contribution in [2.24, 2.45) is 0 Å². The van der Waals surface area contributed by atoms with E-state index in [9.17, 15) is 9.59 Å². The van der Waals surface area contributed by atoms with E-state index in [-0.39, 0.29) is 18.4 Å². The third-order valence-electron chi connectivity index (χ3n) is 2.91. The Kier molecular flexibility index (Phi) is 5.99. The number of rotatable bonds is 6. The van der Waals surface area contributed by atoms with Crippen molar-refractivity contribution in [3.63, 3.8) is 0 Å². The van der Waals surface area contributed by atoms with Crippen molar-refractivity contribution in [1.82, 2.24) is 10.2 Å². The van der Waals surface area contributed by atoms with Crippen LogP contribution < -0.4 is 11.1 Å². The summed E-state index contributed by atoms with van der Waals surface area (Å²) in [6.07, 6.45) is 0. The second-order valence-electron chi connectivity index (χ2n) is 4.54. The van der Waals surface area contributed by atoms with E-state index in [1.165, 1.54) is 4.90 Å². The molecule has 20 heavy (non-hydrogen) atoms. The summed E-state index contributed by atoms with van der Waals surface area (Å²) >= 11 is 0. The summed E-state index contributed by atoms with van der Waals surface area (Å²) in [5.74, 6) is -0.503. The number of benzene rings is 1. The van der Waals surface area contributed by atoms with Crippen molar-refractivity contribution in [3.05, 3.63) is 29.3 Å². The molecule has 0 unspecified atom stereocenters. The van der Waals surface area contributed by atoms with Gasteiger partial charge in [-0.05, 0) is 18.6 Å². The van der Waals surface area contributed by atoms with Crippen molar-refractivity contribution in [1.29, 1.82) is 0 Å². The van der Waals surface area contributed by atoms with Crippen LogP contribution in [0.1, 0.15) is 15.9 Å². The van der Waals surface area contributed by atoms with Gasteiger partial charge in [0.15, 0.2) is 0 Å². The van der Waals surface area contributed by atoms with Crippen LogP contribution >= 0.6 is 0 Å². The van der Waals surface area contributed by atoms with E-state index in [4.69, 9.17) is 10.5 Å². The minimum atomic E-state index is -0.270. The molecular weight excluding hydrogens is 258 g/mol. The summed E-state index contributed by atoms with van der Waals surface area (Å²) < 4.78 is 4.83. The lowest BCUT2D eigenvalue weighted by molar-refractivity contribution is -0.121. The second-order valence-corrected chi connectivity index (χ2v) is 4.54. The second kappa shape index (κ2) is 7.49. The first-order valence-electron chi connectivity index (χ1n) is 6.33. The van der Waals surface area contributed by atoms with Crippen molar-refractivity contribution in [3.8, 4) is 0 Å². The molecule has 3 N–H and O–H groups in total. The van der Waals surface area contributed by atoms with Crippen LogP contribution in [-0.4, -0.2) is 50.6 Å². The van der Waals surface area contributed by atoms with Crippen LogP contribution in [-0.2, 0) is 9.53 Å². The number of methoxy groups -OCH3 is 1. The van der Waals surface area contributed by atoms with Crippen molar-refractivity contribution >= 4 is 17.5 Å². The van der Waals surface area contributed by atoms with Gasteiger partial charge in [0, 0.05) is 26.4 Å². The van der Waals surface area contributed by atoms with Crippen molar-refractivity contribution < 1.29 is 14.3 Å². The lowest BCUT2D eigenvalue weighted by Crippen LogP contribution is -2.39. The third-order valence-corrected chi connectivity index (χ3v) is 2.91. The predicted molar refractivity (Wildman–Crippen MR) is 77.4 cm³/mol. The SMILES string of the molecule is COCCNC(=O)CN(C)C(=O)c1cccc(C)c1N. The molecule has 1 rings (SSSR count). The highest BCUT2D eigenvalue weighted by Gasteiger charge is 2.17. The molecule has 1 aromatic rings. The first-order chi connectivity index (χ1) is 9.47. The highest BCUT2D eigenvalue weighted by molar-refractivity contribution is 6.01. The standard InChI is InChI=1S/C14H21N3O3/c1-10-5-4-6-11(13(10)15)14(19)17(2)9-12(18)16-7-8-20-3/h4-6H,7-9,15H2,1-3H3,(H,16,18). The molecule has 0 aromatic heterocycles. The summed E-state index contributed by atoms with van der Waals surface area (Å²) in [5, 5.41) is 2.66. The lowest BCUT2D eigenvalue weighted by Gasteiger charge is -2.18. The van der Waals surface area contributed by atoms with Crippen LogP contribution in [0.15, 0.2) is 18.2 Å². The van der Waals surface area contributed by atoms with Gasteiger partial charge in [0.25, 0.3) is 5.91 Å². The number of aryl methyl sites for hydroxylation is 1. The molecule has 6 heteroatoms. The molecule has 110 valence electrons. The van der Waals surface area contributed by atoms with E-state index < -0.39 is 0 Å². The highest BCUT2D eigenvalue weighted by Crippen LogP contribution is 2.17. The molecule has 0 radical (unpaired) electrons. The molecule has 0 saturated carbocycles. The van der Waals surface area contributed by atoms with E-state index >= 15 is 0 Å². The summed E-state index contributed by atoms with van der Waals surface area (Å²) in [5.41, 5.74) is 7.59. The molecular formula is C14H21N3O3. The number of hydrogen-bond donors (Lipinski definition) is 2. The van der Waals surface area contributed by atoms with Gasteiger partial charge in [0.1, 0.15) is 0 Å². The average Bonchev–Trinajstić information content (AvgIpc) is 2.41. The van der Waals surface area contributed by atoms with Crippen LogP contribution in [0, 0.1) is 6.92 Å². The molecule has 0 spiro atoms. The van der Waals surface area contributed by atoms with E-state index in [2.05, 4.69) is 5.32 Å². The van der Waals surface area contributed by atoms with Crippen LogP contribution in [0.2, 0.25) is 0 Å². The zero-order chi connectivity index (χ0) is 15.1. The van der Waals surface area contributed by atoms with Gasteiger partial charge < -0.3 is 20.7 Å². The number of likely N-dealkylation sites (N-methyl/N-ethyl adjacent to an activating group) is 1. The number of nitrogen functional groups attached to an aromatic ring is 1. The topological polar surface area (TPSA) is 84.7 Å². The number of carbonyl (C=O) groups excluding carboxylic acids is 2. The average molecular weight is 279 g/mol. The molecule has 0 aliphatic carbocycles. The number of nitrogens with one attached hydrogen (secondary N) is 1. The van der Waals surface area contributed by atoms with Gasteiger partial charge in [-0.2, -0.15) is 0 Å². The number of anilines is 1. The van der Waals surface area contributed by atoms with Crippen LogP contribution in [0.3, 0.4) is 0 Å². The molecule has 1 aromatic carbocycles. The Hall–Kier alpha value is -2.08. The molecule has 0 fully saturated rings. The van der Waals surface area contributed by atoms with Crippen LogP contribution in [0.5, 0.6) is 0 Å². The molecule has 0 atom stereocenters. The molecule has 0 heterocycles. The van der Waals surface area contributed by atoms with Gasteiger partial charge in [0.05, 0.1) is 18.7 Å². The van der Waals surface area contributed by atoms with E-state index in [0.29, 0.717) is 24.4 Å². The quantitative estimate of drug-likeness (QED) is 0.583. The largest absolute Gasteiger partial charge is 0.398 e. The van der Waals surface area contributed by atoms with Crippen molar-refractivity contribution in [2.75, 3.05) is 39.6 Å². The number of nitrogens with two attached hydrogens (primary N) is 1. The lowest BCUT2D eigenvalue weighted by atomic mass is 10.1.